The van der Waals surface area contributed by atoms with Gasteiger partial charge in [-0.05, 0) is 112 Å². The summed E-state index contributed by atoms with van der Waals surface area (Å²) in [6, 6.07) is 37.1. The van der Waals surface area contributed by atoms with Crippen LogP contribution in [0.25, 0.3) is 28.0 Å². The van der Waals surface area contributed by atoms with Crippen molar-refractivity contribution in [1.82, 2.24) is 0 Å². The van der Waals surface area contributed by atoms with Crippen LogP contribution < -0.4 is 9.64 Å². The van der Waals surface area contributed by atoms with E-state index < -0.39 is 0 Å². The van der Waals surface area contributed by atoms with Gasteiger partial charge in [0.25, 0.3) is 0 Å². The molecule has 49 heavy (non-hydrogen) atoms. The van der Waals surface area contributed by atoms with Crippen LogP contribution >= 0.6 is 0 Å². The van der Waals surface area contributed by atoms with Crippen LogP contribution in [-0.4, -0.2) is 20.2 Å². The van der Waals surface area contributed by atoms with Gasteiger partial charge in [0.2, 0.25) is 0 Å². The lowest BCUT2D eigenvalue weighted by Gasteiger charge is -2.40. The van der Waals surface area contributed by atoms with E-state index in [1.807, 2.05) is 0 Å². The van der Waals surface area contributed by atoms with Crippen LogP contribution in [0.4, 0.5) is 5.69 Å². The first-order valence-corrected chi connectivity index (χ1v) is 19.0. The minimum Gasteiger partial charge on any atom is -0.497 e. The number of rotatable bonds is 8. The first-order valence-electron chi connectivity index (χ1n) is 19.0. The van der Waals surface area contributed by atoms with Crippen LogP contribution in [0.2, 0.25) is 0 Å². The summed E-state index contributed by atoms with van der Waals surface area (Å²) in [7, 11) is 1.80. The van der Waals surface area contributed by atoms with Gasteiger partial charge in [0.15, 0.2) is 0 Å². The lowest BCUT2D eigenvalue weighted by Crippen LogP contribution is -2.33. The fourth-order valence-electron chi connectivity index (χ4n) is 9.86. The van der Waals surface area contributed by atoms with Gasteiger partial charge in [0.1, 0.15) is 5.75 Å². The molecule has 2 heteroatoms. The Balaban J connectivity index is 1.38. The molecular weight excluding hydrogens is 595 g/mol. The molecule has 1 unspecified atom stereocenters. The molecule has 3 aliphatic rings. The molecule has 0 radical (unpaired) electrons. The molecule has 3 aliphatic carbocycles. The minimum absolute atomic E-state index is 0.0608. The molecule has 0 N–H and O–H groups in total. The zero-order valence-corrected chi connectivity index (χ0v) is 29.7. The quantitative estimate of drug-likeness (QED) is 0.166. The molecule has 1 saturated carbocycles. The van der Waals surface area contributed by atoms with E-state index in [1.54, 1.807) is 18.2 Å². The van der Waals surface area contributed by atoms with Crippen molar-refractivity contribution >= 4 is 22.5 Å². The van der Waals surface area contributed by atoms with Crippen molar-refractivity contribution in [1.29, 1.82) is 0 Å². The number of anilines is 1. The van der Waals surface area contributed by atoms with Gasteiger partial charge in [-0.1, -0.05) is 131 Å². The molecule has 1 spiro atoms. The molecule has 2 nitrogen and oxygen atoms in total. The summed E-state index contributed by atoms with van der Waals surface area (Å²) in [6.45, 7) is 6.74. The lowest BCUT2D eigenvalue weighted by atomic mass is 9.63. The van der Waals surface area contributed by atoms with Crippen LogP contribution in [-0.2, 0) is 17.3 Å². The third kappa shape index (κ3) is 5.22. The van der Waals surface area contributed by atoms with Crippen LogP contribution in [0.3, 0.4) is 0 Å². The van der Waals surface area contributed by atoms with Gasteiger partial charge >= 0.3 is 0 Å². The normalized spacial score (nSPS) is 19.2. The molecule has 1 fully saturated rings. The van der Waals surface area contributed by atoms with Gasteiger partial charge in [-0.3, -0.25) is 0 Å². The number of hydrogen-bond acceptors (Lipinski definition) is 2. The van der Waals surface area contributed by atoms with Crippen LogP contribution in [0.1, 0.15) is 105 Å². The molecular formula is C47H51NO. The molecule has 5 aromatic carbocycles. The fraction of sp³-hybridized carbons (Fsp3) is 0.362. The average molecular weight is 646 g/mol. The third-order valence-corrected chi connectivity index (χ3v) is 12.1. The highest BCUT2D eigenvalue weighted by atomic mass is 16.5. The molecule has 8 rings (SSSR count). The van der Waals surface area contributed by atoms with Gasteiger partial charge in [-0.2, -0.15) is 0 Å². The second-order valence-electron chi connectivity index (χ2n) is 14.8. The number of methoxy groups -OCH3 is 1. The monoisotopic (exact) mass is 645 g/mol. The average Bonchev–Trinajstić information content (AvgIpc) is 3.43. The van der Waals surface area contributed by atoms with E-state index in [2.05, 4.69) is 128 Å². The number of fused-ring (bicyclic) bond motifs is 10. The number of nitrogens with zero attached hydrogens (tertiary/aromatic N) is 1. The second-order valence-corrected chi connectivity index (χ2v) is 14.8. The highest BCUT2D eigenvalue weighted by Gasteiger charge is 2.47. The number of allylic oxidation sites excluding steroid dienone is 1. The van der Waals surface area contributed by atoms with E-state index in [9.17, 15) is 0 Å². The fourth-order valence-corrected chi connectivity index (χ4v) is 9.86. The molecule has 0 heterocycles. The van der Waals surface area contributed by atoms with E-state index in [0.29, 0.717) is 0 Å². The maximum absolute atomic E-state index is 5.92. The van der Waals surface area contributed by atoms with Crippen LogP contribution in [0, 0.1) is 0 Å². The van der Waals surface area contributed by atoms with E-state index >= 15 is 0 Å². The van der Waals surface area contributed by atoms with Crippen molar-refractivity contribution in [2.75, 3.05) is 25.1 Å². The third-order valence-electron chi connectivity index (χ3n) is 12.1. The highest BCUT2D eigenvalue weighted by molar-refractivity contribution is 6.07. The van der Waals surface area contributed by atoms with Crippen molar-refractivity contribution in [3.8, 4) is 16.9 Å². The van der Waals surface area contributed by atoms with Crippen LogP contribution in [0.15, 0.2) is 103 Å². The highest BCUT2D eigenvalue weighted by Crippen LogP contribution is 2.60. The van der Waals surface area contributed by atoms with E-state index in [-0.39, 0.29) is 10.8 Å². The maximum Gasteiger partial charge on any atom is 0.119 e. The lowest BCUT2D eigenvalue weighted by molar-refractivity contribution is 0.372. The molecule has 0 aliphatic heterocycles. The van der Waals surface area contributed by atoms with Crippen molar-refractivity contribution in [3.05, 3.63) is 137 Å². The zero-order valence-electron chi connectivity index (χ0n) is 29.7. The van der Waals surface area contributed by atoms with Gasteiger partial charge in [0, 0.05) is 29.6 Å². The summed E-state index contributed by atoms with van der Waals surface area (Å²) < 4.78 is 5.92. The maximum atomic E-state index is 5.92. The van der Waals surface area contributed by atoms with Gasteiger partial charge in [-0.15, -0.1) is 0 Å². The van der Waals surface area contributed by atoms with Gasteiger partial charge in [-0.25, -0.2) is 0 Å². The Hall–Kier alpha value is -4.30. The molecule has 0 saturated heterocycles. The summed E-state index contributed by atoms with van der Waals surface area (Å²) >= 11 is 0. The van der Waals surface area contributed by atoms with Gasteiger partial charge in [0.05, 0.1) is 7.11 Å². The molecule has 250 valence electrons. The predicted molar refractivity (Wildman–Crippen MR) is 208 cm³/mol. The number of ether oxygens (including phenoxy) is 1. The molecule has 0 aromatic heterocycles. The Kier molecular flexibility index (Phi) is 8.60. The molecule has 1 atom stereocenters. The van der Waals surface area contributed by atoms with Crippen molar-refractivity contribution in [2.24, 2.45) is 0 Å². The summed E-state index contributed by atoms with van der Waals surface area (Å²) in [5, 5.41) is 2.72. The van der Waals surface area contributed by atoms with Crippen molar-refractivity contribution in [2.45, 2.75) is 88.9 Å². The van der Waals surface area contributed by atoms with Crippen molar-refractivity contribution in [3.63, 3.8) is 0 Å². The zero-order chi connectivity index (χ0) is 33.4. The first kappa shape index (κ1) is 31.9. The topological polar surface area (TPSA) is 12.5 Å². The SMILES string of the molecule is CCCN(CCC)c1ccc(C2(c3ccccc3)C=Cc3c4c(c5ccc(OC)cc5c3C2)-c2ccccc2C42CCCCCCC2)cc1. The van der Waals surface area contributed by atoms with Crippen LogP contribution in [0.5, 0.6) is 5.75 Å². The van der Waals surface area contributed by atoms with Crippen molar-refractivity contribution < 1.29 is 4.74 Å². The minimum atomic E-state index is -0.281. The Morgan fingerprint density at radius 1 is 0.694 bits per heavy atom. The first-order chi connectivity index (χ1) is 24.1. The standard InChI is InChI=1S/C47H51NO/c1-4-30-48(31-5-2)36-22-20-35(21-23-36)47(34-16-10-9-11-17-34)29-26-39-42(33-47)41-32-37(49-3)24-25-38(41)44-40-18-12-13-19-43(40)46(45(39)44)27-14-7-6-8-15-28-46/h9-13,16-26,29,32H,4-8,14-15,27-28,30-31,33H2,1-3H3. The largest absolute Gasteiger partial charge is 0.497 e. The molecule has 0 bridgehead atoms. The number of hydrogen-bond donors (Lipinski definition) is 0. The summed E-state index contributed by atoms with van der Waals surface area (Å²) in [5.41, 5.74) is 12.8. The Morgan fingerprint density at radius 2 is 1.37 bits per heavy atom. The Bertz CT molecular complexity index is 1970. The molecule has 0 amide bonds. The van der Waals surface area contributed by atoms with E-state index in [1.165, 1.54) is 94.8 Å². The Labute approximate surface area is 293 Å². The summed E-state index contributed by atoms with van der Waals surface area (Å²) in [5.74, 6) is 0.928. The number of benzene rings is 5. The summed E-state index contributed by atoms with van der Waals surface area (Å²) in [4.78, 5) is 2.54. The predicted octanol–water partition coefficient (Wildman–Crippen LogP) is 12.0. The Morgan fingerprint density at radius 3 is 2.08 bits per heavy atom. The van der Waals surface area contributed by atoms with E-state index in [4.69, 9.17) is 4.74 Å². The van der Waals surface area contributed by atoms with E-state index in [0.717, 1.165) is 38.1 Å². The van der Waals surface area contributed by atoms with Gasteiger partial charge < -0.3 is 9.64 Å². The summed E-state index contributed by atoms with van der Waals surface area (Å²) in [6.07, 6.45) is 17.4. The molecule has 5 aromatic rings. The smallest absolute Gasteiger partial charge is 0.119 e. The second kappa shape index (κ2) is 13.2.